The van der Waals surface area contributed by atoms with Gasteiger partial charge in [-0.05, 0) is 31.9 Å². The monoisotopic (exact) mass is 293 g/mol. The number of benzene rings is 2. The molecule has 1 heterocycles. The Kier molecular flexibility index (Phi) is 4.57. The maximum Gasteiger partial charge on any atom is 0.129 e. The van der Waals surface area contributed by atoms with Crippen molar-refractivity contribution in [1.82, 2.24) is 4.57 Å². The summed E-state index contributed by atoms with van der Waals surface area (Å²) in [7, 11) is 0. The van der Waals surface area contributed by atoms with Crippen LogP contribution in [-0.2, 0) is 11.3 Å². The molecule has 0 aliphatic carbocycles. The molecule has 0 N–H and O–H groups in total. The molecule has 0 atom stereocenters. The maximum absolute atomic E-state index is 11.0. The Balaban J connectivity index is 1.73. The second-order valence-corrected chi connectivity index (χ2v) is 6.05. The standard InChI is InChI=1S/C20H23NO/c1-16(22)10-4-2-3-9-15-21-19-13-7-5-11-17(19)18-12-6-8-14-20(18)21/h5-8,11-14H,2-4,9-10,15H2,1H3. The van der Waals surface area contributed by atoms with E-state index in [-0.39, 0.29) is 0 Å². The zero-order chi connectivity index (χ0) is 15.4. The minimum Gasteiger partial charge on any atom is -0.340 e. The van der Waals surface area contributed by atoms with Crippen LogP contribution < -0.4 is 0 Å². The Bertz CT molecular complexity index is 731. The molecule has 22 heavy (non-hydrogen) atoms. The van der Waals surface area contributed by atoms with Crippen molar-refractivity contribution in [3.05, 3.63) is 48.5 Å². The van der Waals surface area contributed by atoms with Gasteiger partial charge in [0, 0.05) is 34.8 Å². The van der Waals surface area contributed by atoms with Gasteiger partial charge in [0.15, 0.2) is 0 Å². The summed E-state index contributed by atoms with van der Waals surface area (Å²) in [5, 5.41) is 2.68. The molecule has 0 saturated heterocycles. The number of nitrogens with zero attached hydrogens (tertiary/aromatic N) is 1. The highest BCUT2D eigenvalue weighted by Gasteiger charge is 2.08. The van der Waals surface area contributed by atoms with Crippen LogP contribution in [-0.4, -0.2) is 10.4 Å². The molecule has 0 unspecified atom stereocenters. The summed E-state index contributed by atoms with van der Waals surface area (Å²) in [5.41, 5.74) is 2.65. The first kappa shape index (κ1) is 14.8. The van der Waals surface area contributed by atoms with Crippen molar-refractivity contribution >= 4 is 27.6 Å². The lowest BCUT2D eigenvalue weighted by atomic mass is 10.1. The number of aromatic nitrogens is 1. The van der Waals surface area contributed by atoms with E-state index in [1.165, 1.54) is 34.6 Å². The molecule has 0 fully saturated rings. The van der Waals surface area contributed by atoms with Crippen LogP contribution in [0, 0.1) is 0 Å². The predicted octanol–water partition coefficient (Wildman–Crippen LogP) is 5.33. The lowest BCUT2D eigenvalue weighted by Crippen LogP contribution is -1.98. The van der Waals surface area contributed by atoms with Crippen LogP contribution in [0.2, 0.25) is 0 Å². The number of hydrogen-bond acceptors (Lipinski definition) is 1. The average Bonchev–Trinajstić information content (AvgIpc) is 2.85. The molecule has 114 valence electrons. The number of carbonyl (C=O) groups excluding carboxylic acids is 1. The smallest absolute Gasteiger partial charge is 0.129 e. The summed E-state index contributed by atoms with van der Waals surface area (Å²) >= 11 is 0. The van der Waals surface area contributed by atoms with Crippen molar-refractivity contribution in [2.24, 2.45) is 0 Å². The Morgan fingerprint density at radius 2 is 1.36 bits per heavy atom. The lowest BCUT2D eigenvalue weighted by molar-refractivity contribution is -0.117. The first-order chi connectivity index (χ1) is 10.8. The molecular weight excluding hydrogens is 270 g/mol. The quantitative estimate of drug-likeness (QED) is 0.539. The molecule has 0 aliphatic heterocycles. The van der Waals surface area contributed by atoms with E-state index >= 15 is 0 Å². The van der Waals surface area contributed by atoms with Crippen LogP contribution in [0.25, 0.3) is 21.8 Å². The van der Waals surface area contributed by atoms with Gasteiger partial charge in [-0.2, -0.15) is 0 Å². The summed E-state index contributed by atoms with van der Waals surface area (Å²) in [6.07, 6.45) is 5.27. The SMILES string of the molecule is CC(=O)CCCCCCn1c2ccccc2c2ccccc21. The van der Waals surface area contributed by atoms with Gasteiger partial charge in [0.1, 0.15) is 5.78 Å². The van der Waals surface area contributed by atoms with E-state index in [9.17, 15) is 4.79 Å². The zero-order valence-electron chi connectivity index (χ0n) is 13.2. The van der Waals surface area contributed by atoms with Gasteiger partial charge < -0.3 is 9.36 Å². The van der Waals surface area contributed by atoms with E-state index in [1.54, 1.807) is 6.92 Å². The van der Waals surface area contributed by atoms with Gasteiger partial charge in [0.25, 0.3) is 0 Å². The fraction of sp³-hybridized carbons (Fsp3) is 0.350. The molecule has 0 radical (unpaired) electrons. The first-order valence-corrected chi connectivity index (χ1v) is 8.23. The van der Waals surface area contributed by atoms with Crippen LogP contribution in [0.3, 0.4) is 0 Å². The van der Waals surface area contributed by atoms with E-state index in [2.05, 4.69) is 53.1 Å². The van der Waals surface area contributed by atoms with Gasteiger partial charge in [-0.25, -0.2) is 0 Å². The fourth-order valence-corrected chi connectivity index (χ4v) is 3.24. The molecule has 1 aromatic heterocycles. The highest BCUT2D eigenvalue weighted by Crippen LogP contribution is 2.29. The molecule has 0 spiro atoms. The molecule has 0 bridgehead atoms. The summed E-state index contributed by atoms with van der Waals surface area (Å²) in [4.78, 5) is 11.0. The molecule has 2 aromatic carbocycles. The Morgan fingerprint density at radius 1 is 0.818 bits per heavy atom. The summed E-state index contributed by atoms with van der Waals surface area (Å²) < 4.78 is 2.44. The minimum atomic E-state index is 0.308. The van der Waals surface area contributed by atoms with Crippen LogP contribution in [0.15, 0.2) is 48.5 Å². The number of unbranched alkanes of at least 4 members (excludes halogenated alkanes) is 3. The molecule has 3 aromatic rings. The van der Waals surface area contributed by atoms with Gasteiger partial charge in [0.2, 0.25) is 0 Å². The van der Waals surface area contributed by atoms with Crippen molar-refractivity contribution in [1.29, 1.82) is 0 Å². The normalized spacial score (nSPS) is 11.3. The highest BCUT2D eigenvalue weighted by atomic mass is 16.1. The second-order valence-electron chi connectivity index (χ2n) is 6.05. The molecule has 2 heteroatoms. The number of para-hydroxylation sites is 2. The van der Waals surface area contributed by atoms with Crippen molar-refractivity contribution < 1.29 is 4.79 Å². The number of aryl methyl sites for hydroxylation is 1. The highest BCUT2D eigenvalue weighted by molar-refractivity contribution is 6.07. The van der Waals surface area contributed by atoms with Crippen molar-refractivity contribution in [2.45, 2.75) is 45.6 Å². The van der Waals surface area contributed by atoms with Crippen LogP contribution in [0.5, 0.6) is 0 Å². The van der Waals surface area contributed by atoms with Crippen molar-refractivity contribution in [3.8, 4) is 0 Å². The third-order valence-electron chi connectivity index (χ3n) is 4.34. The van der Waals surface area contributed by atoms with Gasteiger partial charge >= 0.3 is 0 Å². The summed E-state index contributed by atoms with van der Waals surface area (Å²) in [6.45, 7) is 2.73. The Hall–Kier alpha value is -2.09. The predicted molar refractivity (Wildman–Crippen MR) is 93.2 cm³/mol. The molecule has 3 rings (SSSR count). The van der Waals surface area contributed by atoms with E-state index in [1.807, 2.05) is 0 Å². The maximum atomic E-state index is 11.0. The van der Waals surface area contributed by atoms with Gasteiger partial charge in [-0.15, -0.1) is 0 Å². The number of hydrogen-bond donors (Lipinski definition) is 0. The number of ketones is 1. The first-order valence-electron chi connectivity index (χ1n) is 8.23. The summed E-state index contributed by atoms with van der Waals surface area (Å²) in [5.74, 6) is 0.308. The van der Waals surface area contributed by atoms with Gasteiger partial charge in [-0.3, -0.25) is 0 Å². The lowest BCUT2D eigenvalue weighted by Gasteiger charge is -2.07. The minimum absolute atomic E-state index is 0.308. The Morgan fingerprint density at radius 3 is 1.95 bits per heavy atom. The fourth-order valence-electron chi connectivity index (χ4n) is 3.24. The molecule has 0 aliphatic rings. The van der Waals surface area contributed by atoms with Crippen molar-refractivity contribution in [2.75, 3.05) is 0 Å². The van der Waals surface area contributed by atoms with E-state index < -0.39 is 0 Å². The zero-order valence-corrected chi connectivity index (χ0v) is 13.2. The molecular formula is C20H23NO. The third kappa shape index (κ3) is 3.06. The number of Topliss-reactive ketones (excluding diaryl/α,β-unsaturated/α-hetero) is 1. The third-order valence-corrected chi connectivity index (χ3v) is 4.34. The summed E-state index contributed by atoms with van der Waals surface area (Å²) in [6, 6.07) is 17.3. The Labute approximate surface area is 131 Å². The van der Waals surface area contributed by atoms with Gasteiger partial charge in [0.05, 0.1) is 0 Å². The largest absolute Gasteiger partial charge is 0.340 e. The van der Waals surface area contributed by atoms with E-state index in [4.69, 9.17) is 0 Å². The molecule has 0 saturated carbocycles. The molecule has 2 nitrogen and oxygen atoms in total. The average molecular weight is 293 g/mol. The van der Waals surface area contributed by atoms with Crippen LogP contribution in [0.4, 0.5) is 0 Å². The van der Waals surface area contributed by atoms with Crippen molar-refractivity contribution in [3.63, 3.8) is 0 Å². The van der Waals surface area contributed by atoms with Crippen LogP contribution in [0.1, 0.15) is 39.0 Å². The second kappa shape index (κ2) is 6.78. The van der Waals surface area contributed by atoms with E-state index in [0.29, 0.717) is 5.78 Å². The van der Waals surface area contributed by atoms with Gasteiger partial charge in [-0.1, -0.05) is 49.2 Å². The number of rotatable bonds is 7. The van der Waals surface area contributed by atoms with E-state index in [0.717, 1.165) is 25.8 Å². The topological polar surface area (TPSA) is 22.0 Å². The van der Waals surface area contributed by atoms with Crippen LogP contribution >= 0.6 is 0 Å². The number of carbonyl (C=O) groups is 1. The number of fused-ring (bicyclic) bond motifs is 3. The molecule has 0 amide bonds.